The molecule has 0 radical (unpaired) electrons. The Hall–Kier alpha value is -0.650. The molecule has 2 heterocycles. The first-order valence-corrected chi connectivity index (χ1v) is 6.91. The molecule has 2 rings (SSSR count). The van der Waals surface area contributed by atoms with Gasteiger partial charge in [0.05, 0.1) is 13.2 Å². The molecule has 18 heavy (non-hydrogen) atoms. The lowest BCUT2D eigenvalue weighted by Gasteiger charge is -2.33. The van der Waals surface area contributed by atoms with Crippen LogP contribution in [0.5, 0.6) is 0 Å². The molecule has 0 aromatic carbocycles. The molecule has 104 valence electrons. The lowest BCUT2D eigenvalue weighted by atomic mass is 9.98. The highest BCUT2D eigenvalue weighted by atomic mass is 16.5. The summed E-state index contributed by atoms with van der Waals surface area (Å²) in [6.45, 7) is 5.17. The van der Waals surface area contributed by atoms with Crippen molar-refractivity contribution in [3.05, 3.63) is 0 Å². The van der Waals surface area contributed by atoms with Gasteiger partial charge in [0, 0.05) is 19.6 Å². The van der Waals surface area contributed by atoms with E-state index in [0.29, 0.717) is 12.5 Å². The SMILES string of the molecule is CN1CCC[C@H](CNC(=O)[C@@H]2COCCN2C)C1. The number of likely N-dealkylation sites (N-methyl/N-ethyl adjacent to an activating group) is 1. The number of rotatable bonds is 3. The van der Waals surface area contributed by atoms with Crippen LogP contribution in [0.25, 0.3) is 0 Å². The van der Waals surface area contributed by atoms with Gasteiger partial charge in [0.25, 0.3) is 0 Å². The van der Waals surface area contributed by atoms with Gasteiger partial charge in [-0.1, -0.05) is 0 Å². The van der Waals surface area contributed by atoms with E-state index >= 15 is 0 Å². The first-order valence-electron chi connectivity index (χ1n) is 6.91. The van der Waals surface area contributed by atoms with Crippen LogP contribution in [0, 0.1) is 5.92 Å². The van der Waals surface area contributed by atoms with Crippen molar-refractivity contribution in [1.82, 2.24) is 15.1 Å². The Morgan fingerprint density at radius 2 is 2.22 bits per heavy atom. The van der Waals surface area contributed by atoms with Crippen molar-refractivity contribution >= 4 is 5.91 Å². The summed E-state index contributed by atoms with van der Waals surface area (Å²) in [5, 5.41) is 3.09. The van der Waals surface area contributed by atoms with Crippen LogP contribution >= 0.6 is 0 Å². The number of ether oxygens (including phenoxy) is 1. The highest BCUT2D eigenvalue weighted by Crippen LogP contribution is 2.14. The molecule has 0 aromatic rings. The number of carbonyl (C=O) groups excluding carboxylic acids is 1. The van der Waals surface area contributed by atoms with Gasteiger partial charge in [0.1, 0.15) is 6.04 Å². The average molecular weight is 255 g/mol. The molecule has 0 bridgehead atoms. The molecular weight excluding hydrogens is 230 g/mol. The van der Waals surface area contributed by atoms with Crippen LogP contribution in [0.2, 0.25) is 0 Å². The molecular formula is C13H25N3O2. The van der Waals surface area contributed by atoms with Crippen LogP contribution in [0.1, 0.15) is 12.8 Å². The molecule has 2 saturated heterocycles. The van der Waals surface area contributed by atoms with Crippen molar-refractivity contribution in [3.63, 3.8) is 0 Å². The van der Waals surface area contributed by atoms with Crippen molar-refractivity contribution in [2.75, 3.05) is 53.5 Å². The van der Waals surface area contributed by atoms with Crippen molar-refractivity contribution in [2.24, 2.45) is 5.92 Å². The molecule has 5 nitrogen and oxygen atoms in total. The smallest absolute Gasteiger partial charge is 0.239 e. The predicted octanol–water partition coefficient (Wildman–Crippen LogP) is -0.225. The van der Waals surface area contributed by atoms with Gasteiger partial charge in [-0.25, -0.2) is 0 Å². The second-order valence-corrected chi connectivity index (χ2v) is 5.59. The van der Waals surface area contributed by atoms with E-state index in [0.717, 1.165) is 26.2 Å². The van der Waals surface area contributed by atoms with Gasteiger partial charge in [-0.3, -0.25) is 9.69 Å². The summed E-state index contributed by atoms with van der Waals surface area (Å²) in [7, 11) is 4.14. The highest BCUT2D eigenvalue weighted by Gasteiger charge is 2.27. The summed E-state index contributed by atoms with van der Waals surface area (Å²) in [4.78, 5) is 16.5. The second kappa shape index (κ2) is 6.50. The summed E-state index contributed by atoms with van der Waals surface area (Å²) in [5.74, 6) is 0.716. The maximum absolute atomic E-state index is 12.1. The Bertz CT molecular complexity index is 285. The fourth-order valence-electron chi connectivity index (χ4n) is 2.77. The molecule has 2 atom stereocenters. The van der Waals surface area contributed by atoms with E-state index in [1.807, 2.05) is 7.05 Å². The van der Waals surface area contributed by atoms with Crippen LogP contribution < -0.4 is 5.32 Å². The zero-order valence-corrected chi connectivity index (χ0v) is 11.5. The molecule has 2 fully saturated rings. The van der Waals surface area contributed by atoms with Crippen molar-refractivity contribution < 1.29 is 9.53 Å². The van der Waals surface area contributed by atoms with Crippen LogP contribution in [0.4, 0.5) is 0 Å². The standard InChI is InChI=1S/C13H25N3O2/c1-15-5-3-4-11(9-15)8-14-13(17)12-10-18-7-6-16(12)2/h11-12H,3-10H2,1-2H3,(H,14,17)/t11-,12+/m1/s1. The quantitative estimate of drug-likeness (QED) is 0.757. The van der Waals surface area contributed by atoms with Crippen LogP contribution in [0.15, 0.2) is 0 Å². The molecule has 0 saturated carbocycles. The number of hydrogen-bond acceptors (Lipinski definition) is 4. The fourth-order valence-corrected chi connectivity index (χ4v) is 2.77. The zero-order chi connectivity index (χ0) is 13.0. The zero-order valence-electron chi connectivity index (χ0n) is 11.5. The fraction of sp³-hybridized carbons (Fsp3) is 0.923. The molecule has 2 aliphatic heterocycles. The third kappa shape index (κ3) is 3.67. The molecule has 0 aromatic heterocycles. The van der Waals surface area contributed by atoms with E-state index in [2.05, 4.69) is 22.2 Å². The van der Waals surface area contributed by atoms with E-state index in [1.165, 1.54) is 19.4 Å². The minimum atomic E-state index is -0.111. The Balaban J connectivity index is 1.73. The molecule has 2 aliphatic rings. The molecule has 1 N–H and O–H groups in total. The number of nitrogens with zero attached hydrogens (tertiary/aromatic N) is 2. The van der Waals surface area contributed by atoms with Gasteiger partial charge in [0.2, 0.25) is 5.91 Å². The third-order valence-electron chi connectivity index (χ3n) is 3.99. The minimum absolute atomic E-state index is 0.111. The maximum Gasteiger partial charge on any atom is 0.239 e. The molecule has 5 heteroatoms. The van der Waals surface area contributed by atoms with Gasteiger partial charge in [-0.15, -0.1) is 0 Å². The molecule has 0 unspecified atom stereocenters. The Morgan fingerprint density at radius 1 is 1.39 bits per heavy atom. The largest absolute Gasteiger partial charge is 0.378 e. The topological polar surface area (TPSA) is 44.8 Å². The Morgan fingerprint density at radius 3 is 2.94 bits per heavy atom. The lowest BCUT2D eigenvalue weighted by molar-refractivity contribution is -0.131. The Kier molecular flexibility index (Phi) is 4.97. The number of carbonyl (C=O) groups is 1. The normalized spacial score (nSPS) is 31.2. The van der Waals surface area contributed by atoms with E-state index < -0.39 is 0 Å². The Labute approximate surface area is 109 Å². The van der Waals surface area contributed by atoms with E-state index in [1.54, 1.807) is 0 Å². The number of morpholine rings is 1. The van der Waals surface area contributed by atoms with Gasteiger partial charge >= 0.3 is 0 Å². The highest BCUT2D eigenvalue weighted by molar-refractivity contribution is 5.81. The summed E-state index contributed by atoms with van der Waals surface area (Å²) in [6, 6.07) is -0.111. The van der Waals surface area contributed by atoms with Crippen LogP contribution in [-0.2, 0) is 9.53 Å². The lowest BCUT2D eigenvalue weighted by Crippen LogP contribution is -2.53. The summed E-state index contributed by atoms with van der Waals surface area (Å²) in [5.41, 5.74) is 0. The van der Waals surface area contributed by atoms with E-state index in [4.69, 9.17) is 4.74 Å². The van der Waals surface area contributed by atoms with Gasteiger partial charge in [0.15, 0.2) is 0 Å². The number of piperidine rings is 1. The summed E-state index contributed by atoms with van der Waals surface area (Å²) < 4.78 is 5.37. The molecule has 1 amide bonds. The summed E-state index contributed by atoms with van der Waals surface area (Å²) >= 11 is 0. The second-order valence-electron chi connectivity index (χ2n) is 5.59. The van der Waals surface area contributed by atoms with Gasteiger partial charge < -0.3 is 15.0 Å². The number of nitrogens with one attached hydrogen (secondary N) is 1. The molecule has 0 spiro atoms. The number of likely N-dealkylation sites (tertiary alicyclic amines) is 1. The first-order chi connectivity index (χ1) is 8.66. The van der Waals surface area contributed by atoms with Crippen molar-refractivity contribution in [2.45, 2.75) is 18.9 Å². The van der Waals surface area contributed by atoms with E-state index in [-0.39, 0.29) is 11.9 Å². The summed E-state index contributed by atoms with van der Waals surface area (Å²) in [6.07, 6.45) is 2.46. The van der Waals surface area contributed by atoms with E-state index in [9.17, 15) is 4.79 Å². The maximum atomic E-state index is 12.1. The molecule has 0 aliphatic carbocycles. The van der Waals surface area contributed by atoms with Gasteiger partial charge in [-0.2, -0.15) is 0 Å². The minimum Gasteiger partial charge on any atom is -0.378 e. The average Bonchev–Trinajstić information content (AvgIpc) is 2.37. The first kappa shape index (κ1) is 13.8. The van der Waals surface area contributed by atoms with Crippen molar-refractivity contribution in [1.29, 1.82) is 0 Å². The number of amides is 1. The van der Waals surface area contributed by atoms with Crippen molar-refractivity contribution in [3.8, 4) is 0 Å². The van der Waals surface area contributed by atoms with Gasteiger partial charge in [-0.05, 0) is 39.4 Å². The van der Waals surface area contributed by atoms with Crippen LogP contribution in [-0.4, -0.2) is 75.2 Å². The monoisotopic (exact) mass is 255 g/mol. The predicted molar refractivity (Wildman–Crippen MR) is 70.5 cm³/mol. The third-order valence-corrected chi connectivity index (χ3v) is 3.99. The number of hydrogen-bond donors (Lipinski definition) is 1. The van der Waals surface area contributed by atoms with Crippen LogP contribution in [0.3, 0.4) is 0 Å².